The SMILES string of the molecule is C[C@]12C=C[C@@](C)(O1)[C@H]1C(=O)N(c3ccc(C(=O)O)cc3)C(=O)[C@@H]12. The molecule has 4 atom stereocenters. The van der Waals surface area contributed by atoms with Crippen LogP contribution in [0.4, 0.5) is 5.69 Å². The molecule has 4 rings (SSSR count). The molecule has 2 bridgehead atoms. The monoisotopic (exact) mass is 313 g/mol. The third-order valence-electron chi connectivity index (χ3n) is 5.10. The Morgan fingerprint density at radius 3 is 1.96 bits per heavy atom. The lowest BCUT2D eigenvalue weighted by Gasteiger charge is -2.25. The average molecular weight is 313 g/mol. The van der Waals surface area contributed by atoms with Gasteiger partial charge in [-0.15, -0.1) is 0 Å². The first kappa shape index (κ1) is 14.1. The summed E-state index contributed by atoms with van der Waals surface area (Å²) in [6.07, 6.45) is 3.72. The summed E-state index contributed by atoms with van der Waals surface area (Å²) in [6, 6.07) is 5.75. The summed E-state index contributed by atoms with van der Waals surface area (Å²) in [6.45, 7) is 3.64. The fraction of sp³-hybridized carbons (Fsp3) is 0.353. The summed E-state index contributed by atoms with van der Waals surface area (Å²) in [5.74, 6) is -2.71. The van der Waals surface area contributed by atoms with E-state index in [4.69, 9.17) is 9.84 Å². The molecule has 0 saturated carbocycles. The van der Waals surface area contributed by atoms with Gasteiger partial charge in [-0.3, -0.25) is 9.59 Å². The van der Waals surface area contributed by atoms with Crippen molar-refractivity contribution in [3.8, 4) is 0 Å². The highest BCUT2D eigenvalue weighted by atomic mass is 16.5. The van der Waals surface area contributed by atoms with Crippen LogP contribution in [0.3, 0.4) is 0 Å². The van der Waals surface area contributed by atoms with E-state index in [9.17, 15) is 14.4 Å². The zero-order valence-corrected chi connectivity index (χ0v) is 12.6. The molecule has 3 aliphatic heterocycles. The van der Waals surface area contributed by atoms with Crippen LogP contribution < -0.4 is 4.90 Å². The van der Waals surface area contributed by atoms with Crippen LogP contribution in [0.2, 0.25) is 0 Å². The molecule has 1 aromatic carbocycles. The number of nitrogens with zero attached hydrogens (tertiary/aromatic N) is 1. The molecule has 6 nitrogen and oxygen atoms in total. The van der Waals surface area contributed by atoms with Crippen molar-refractivity contribution in [2.75, 3.05) is 4.90 Å². The number of carboxylic acid groups (broad SMARTS) is 1. The maximum absolute atomic E-state index is 12.8. The lowest BCUT2D eigenvalue weighted by molar-refractivity contribution is -0.128. The first-order valence-corrected chi connectivity index (χ1v) is 7.39. The van der Waals surface area contributed by atoms with Gasteiger partial charge in [-0.25, -0.2) is 9.69 Å². The largest absolute Gasteiger partial charge is 0.478 e. The maximum atomic E-state index is 12.8. The predicted molar refractivity (Wildman–Crippen MR) is 79.9 cm³/mol. The minimum atomic E-state index is -1.05. The topological polar surface area (TPSA) is 83.9 Å². The van der Waals surface area contributed by atoms with E-state index in [2.05, 4.69) is 0 Å². The predicted octanol–water partition coefficient (Wildman–Crippen LogP) is 1.61. The van der Waals surface area contributed by atoms with Gasteiger partial charge in [0.15, 0.2) is 0 Å². The van der Waals surface area contributed by atoms with Crippen molar-refractivity contribution in [2.24, 2.45) is 11.8 Å². The van der Waals surface area contributed by atoms with Crippen LogP contribution in [0.5, 0.6) is 0 Å². The van der Waals surface area contributed by atoms with Gasteiger partial charge in [0, 0.05) is 0 Å². The molecule has 23 heavy (non-hydrogen) atoms. The molecule has 1 aromatic rings. The molecule has 0 radical (unpaired) electrons. The maximum Gasteiger partial charge on any atom is 0.335 e. The normalized spacial score (nSPS) is 37.6. The zero-order chi connectivity index (χ0) is 16.6. The van der Waals surface area contributed by atoms with Crippen LogP contribution in [0, 0.1) is 11.8 Å². The highest BCUT2D eigenvalue weighted by Crippen LogP contribution is 2.57. The van der Waals surface area contributed by atoms with E-state index in [0.29, 0.717) is 5.69 Å². The highest BCUT2D eigenvalue weighted by molar-refractivity contribution is 6.23. The number of hydrogen-bond donors (Lipinski definition) is 1. The van der Waals surface area contributed by atoms with Gasteiger partial charge in [0.1, 0.15) is 0 Å². The first-order chi connectivity index (χ1) is 10.8. The Bertz CT molecular complexity index is 747. The number of ether oxygens (including phenoxy) is 1. The molecule has 3 aliphatic rings. The van der Waals surface area contributed by atoms with Crippen molar-refractivity contribution in [3.05, 3.63) is 42.0 Å². The molecule has 3 heterocycles. The van der Waals surface area contributed by atoms with Crippen molar-refractivity contribution >= 4 is 23.5 Å². The van der Waals surface area contributed by atoms with Crippen LogP contribution in [0.25, 0.3) is 0 Å². The van der Waals surface area contributed by atoms with Crippen molar-refractivity contribution in [3.63, 3.8) is 0 Å². The smallest absolute Gasteiger partial charge is 0.335 e. The van der Waals surface area contributed by atoms with Crippen molar-refractivity contribution < 1.29 is 24.2 Å². The van der Waals surface area contributed by atoms with Crippen LogP contribution in [-0.4, -0.2) is 34.1 Å². The Hall–Kier alpha value is -2.47. The molecule has 6 heteroatoms. The van der Waals surface area contributed by atoms with Gasteiger partial charge in [-0.05, 0) is 38.1 Å². The second-order valence-corrected chi connectivity index (χ2v) is 6.62. The number of benzene rings is 1. The van der Waals surface area contributed by atoms with E-state index in [-0.39, 0.29) is 17.4 Å². The number of fused-ring (bicyclic) bond motifs is 5. The number of aromatic carboxylic acids is 1. The minimum absolute atomic E-state index is 0.108. The number of imide groups is 1. The second-order valence-electron chi connectivity index (χ2n) is 6.62. The molecule has 2 amide bonds. The Kier molecular flexibility index (Phi) is 2.51. The van der Waals surface area contributed by atoms with Crippen LogP contribution >= 0.6 is 0 Å². The van der Waals surface area contributed by atoms with Crippen LogP contribution in [0.1, 0.15) is 24.2 Å². The van der Waals surface area contributed by atoms with Crippen molar-refractivity contribution in [1.82, 2.24) is 0 Å². The fourth-order valence-electron chi connectivity index (χ4n) is 4.04. The summed E-state index contributed by atoms with van der Waals surface area (Å²) in [4.78, 5) is 37.7. The Balaban J connectivity index is 1.75. The lowest BCUT2D eigenvalue weighted by Crippen LogP contribution is -2.39. The molecule has 2 saturated heterocycles. The Morgan fingerprint density at radius 2 is 1.52 bits per heavy atom. The number of rotatable bonds is 2. The molecular formula is C17H15NO5. The van der Waals surface area contributed by atoms with Crippen molar-refractivity contribution in [1.29, 1.82) is 0 Å². The number of hydrogen-bond acceptors (Lipinski definition) is 4. The molecule has 0 aromatic heterocycles. The standard InChI is InChI=1S/C17H15NO5/c1-16-7-8-17(2,23-16)12-11(16)13(19)18(14(12)20)10-5-3-9(4-6-10)15(21)22/h3-8,11-12H,1-2H3,(H,21,22)/t11-,12-,16-,17-/m1/s1. The first-order valence-electron chi connectivity index (χ1n) is 7.39. The second kappa shape index (κ2) is 4.08. The highest BCUT2D eigenvalue weighted by Gasteiger charge is 2.70. The summed E-state index contributed by atoms with van der Waals surface area (Å²) in [5.41, 5.74) is -1.02. The number of amides is 2. The van der Waals surface area contributed by atoms with Gasteiger partial charge in [0.2, 0.25) is 11.8 Å². The van der Waals surface area contributed by atoms with E-state index >= 15 is 0 Å². The number of carbonyl (C=O) groups excluding carboxylic acids is 2. The molecule has 118 valence electrons. The molecule has 2 fully saturated rings. The van der Waals surface area contributed by atoms with Gasteiger partial charge < -0.3 is 9.84 Å². The van der Waals surface area contributed by atoms with Gasteiger partial charge in [-0.2, -0.15) is 0 Å². The van der Waals surface area contributed by atoms with Gasteiger partial charge in [0.25, 0.3) is 0 Å². The van der Waals surface area contributed by atoms with Gasteiger partial charge in [-0.1, -0.05) is 12.2 Å². The van der Waals surface area contributed by atoms with Crippen LogP contribution in [-0.2, 0) is 14.3 Å². The Morgan fingerprint density at radius 1 is 1.04 bits per heavy atom. The molecular weight excluding hydrogens is 298 g/mol. The van der Waals surface area contributed by atoms with E-state index in [1.807, 2.05) is 26.0 Å². The summed E-state index contributed by atoms with van der Waals surface area (Å²) < 4.78 is 5.93. The molecule has 0 spiro atoms. The van der Waals surface area contributed by atoms with E-state index in [1.54, 1.807) is 0 Å². The van der Waals surface area contributed by atoms with E-state index < -0.39 is 29.0 Å². The third-order valence-corrected chi connectivity index (χ3v) is 5.10. The summed E-state index contributed by atoms with van der Waals surface area (Å²) in [5, 5.41) is 8.95. The summed E-state index contributed by atoms with van der Waals surface area (Å²) >= 11 is 0. The molecule has 0 unspecified atom stereocenters. The third kappa shape index (κ3) is 1.64. The number of anilines is 1. The fourth-order valence-corrected chi connectivity index (χ4v) is 4.04. The Labute approximate surface area is 132 Å². The average Bonchev–Trinajstić information content (AvgIpc) is 3.04. The number of carbonyl (C=O) groups is 3. The number of carboxylic acids is 1. The van der Waals surface area contributed by atoms with Gasteiger partial charge in [0.05, 0.1) is 34.3 Å². The lowest BCUT2D eigenvalue weighted by atomic mass is 9.73. The zero-order valence-electron chi connectivity index (χ0n) is 12.6. The molecule has 0 aliphatic carbocycles. The van der Waals surface area contributed by atoms with Crippen LogP contribution in [0.15, 0.2) is 36.4 Å². The van der Waals surface area contributed by atoms with E-state index in [1.165, 1.54) is 24.3 Å². The van der Waals surface area contributed by atoms with Crippen molar-refractivity contribution in [2.45, 2.75) is 25.0 Å². The van der Waals surface area contributed by atoms with E-state index in [0.717, 1.165) is 4.90 Å². The molecule has 1 N–H and O–H groups in total. The quantitative estimate of drug-likeness (QED) is 0.662. The minimum Gasteiger partial charge on any atom is -0.478 e. The van der Waals surface area contributed by atoms with Gasteiger partial charge >= 0.3 is 5.97 Å². The summed E-state index contributed by atoms with van der Waals surface area (Å²) in [7, 11) is 0.